The fourth-order valence-corrected chi connectivity index (χ4v) is 2.44. The van der Waals surface area contributed by atoms with E-state index in [1.54, 1.807) is 12.1 Å². The van der Waals surface area contributed by atoms with Crippen molar-refractivity contribution in [2.24, 2.45) is 11.7 Å². The highest BCUT2D eigenvalue weighted by Gasteiger charge is 2.31. The van der Waals surface area contributed by atoms with Gasteiger partial charge in [-0.3, -0.25) is 0 Å². The molecule has 0 aromatic heterocycles. The van der Waals surface area contributed by atoms with Gasteiger partial charge in [0.2, 0.25) is 0 Å². The first kappa shape index (κ1) is 16.8. The van der Waals surface area contributed by atoms with Crippen LogP contribution in [-0.2, 0) is 0 Å². The normalized spacial score (nSPS) is 13.6. The molecule has 1 rings (SSSR count). The highest BCUT2D eigenvalue weighted by molar-refractivity contribution is 5.31. The molecule has 1 atom stereocenters. The highest BCUT2D eigenvalue weighted by atomic mass is 19.4. The first-order chi connectivity index (χ1) is 9.37. The molecule has 2 nitrogen and oxygen atoms in total. The maximum absolute atomic E-state index is 12.2. The highest BCUT2D eigenvalue weighted by Crippen LogP contribution is 2.31. The molecule has 0 bridgehead atoms. The van der Waals surface area contributed by atoms with E-state index in [1.807, 2.05) is 0 Å². The predicted octanol–water partition coefficient (Wildman–Crippen LogP) is 4.80. The van der Waals surface area contributed by atoms with Crippen molar-refractivity contribution < 1.29 is 17.9 Å². The lowest BCUT2D eigenvalue weighted by Crippen LogP contribution is -2.22. The minimum absolute atomic E-state index is 0.211. The SMILES string of the molecule is CCCC(CCC)C(N)c1cccc(OC(F)(F)F)c1. The van der Waals surface area contributed by atoms with Crippen LogP contribution in [0.1, 0.15) is 51.1 Å². The van der Waals surface area contributed by atoms with E-state index in [-0.39, 0.29) is 17.7 Å². The summed E-state index contributed by atoms with van der Waals surface area (Å²) >= 11 is 0. The van der Waals surface area contributed by atoms with Crippen LogP contribution in [0.3, 0.4) is 0 Å². The summed E-state index contributed by atoms with van der Waals surface area (Å²) < 4.78 is 40.6. The number of ether oxygens (including phenoxy) is 1. The molecule has 1 aromatic carbocycles. The first-order valence-corrected chi connectivity index (χ1v) is 6.98. The van der Waals surface area contributed by atoms with Crippen molar-refractivity contribution in [3.8, 4) is 5.75 Å². The van der Waals surface area contributed by atoms with Crippen molar-refractivity contribution in [3.05, 3.63) is 29.8 Å². The summed E-state index contributed by atoms with van der Waals surface area (Å²) in [6.45, 7) is 4.16. The average Bonchev–Trinajstić information content (AvgIpc) is 2.36. The lowest BCUT2D eigenvalue weighted by molar-refractivity contribution is -0.274. The van der Waals surface area contributed by atoms with Crippen molar-refractivity contribution in [1.29, 1.82) is 0 Å². The van der Waals surface area contributed by atoms with Gasteiger partial charge in [-0.15, -0.1) is 13.2 Å². The van der Waals surface area contributed by atoms with Crippen LogP contribution in [0.15, 0.2) is 24.3 Å². The molecule has 0 aliphatic carbocycles. The van der Waals surface area contributed by atoms with Crippen LogP contribution in [0.4, 0.5) is 13.2 Å². The van der Waals surface area contributed by atoms with Crippen molar-refractivity contribution in [3.63, 3.8) is 0 Å². The average molecular weight is 289 g/mol. The molecule has 20 heavy (non-hydrogen) atoms. The Labute approximate surface area is 118 Å². The Hall–Kier alpha value is -1.23. The van der Waals surface area contributed by atoms with Crippen LogP contribution in [0.25, 0.3) is 0 Å². The lowest BCUT2D eigenvalue weighted by atomic mass is 9.87. The van der Waals surface area contributed by atoms with Gasteiger partial charge in [0, 0.05) is 6.04 Å². The second kappa shape index (κ2) is 7.53. The maximum atomic E-state index is 12.2. The Balaban J connectivity index is 2.86. The molecule has 5 heteroatoms. The van der Waals surface area contributed by atoms with E-state index in [9.17, 15) is 13.2 Å². The fraction of sp³-hybridized carbons (Fsp3) is 0.600. The van der Waals surface area contributed by atoms with E-state index in [0.717, 1.165) is 25.7 Å². The zero-order valence-corrected chi connectivity index (χ0v) is 11.9. The number of hydrogen-bond acceptors (Lipinski definition) is 2. The third-order valence-electron chi connectivity index (χ3n) is 3.30. The van der Waals surface area contributed by atoms with Crippen LogP contribution in [0.5, 0.6) is 5.75 Å². The Kier molecular flexibility index (Phi) is 6.33. The molecule has 0 aliphatic rings. The Morgan fingerprint density at radius 2 is 1.75 bits per heavy atom. The van der Waals surface area contributed by atoms with Gasteiger partial charge in [-0.2, -0.15) is 0 Å². The fourth-order valence-electron chi connectivity index (χ4n) is 2.44. The first-order valence-electron chi connectivity index (χ1n) is 6.98. The van der Waals surface area contributed by atoms with Gasteiger partial charge in [0.15, 0.2) is 0 Å². The summed E-state index contributed by atoms with van der Waals surface area (Å²) in [4.78, 5) is 0. The second-order valence-corrected chi connectivity index (χ2v) is 4.98. The molecule has 0 saturated heterocycles. The van der Waals surface area contributed by atoms with Gasteiger partial charge < -0.3 is 10.5 Å². The van der Waals surface area contributed by atoms with Gasteiger partial charge in [-0.25, -0.2) is 0 Å². The predicted molar refractivity (Wildman–Crippen MR) is 73.4 cm³/mol. The van der Waals surface area contributed by atoms with Crippen LogP contribution < -0.4 is 10.5 Å². The molecule has 0 spiro atoms. The summed E-state index contributed by atoms with van der Waals surface area (Å²) in [5, 5.41) is 0. The molecule has 0 aliphatic heterocycles. The molecule has 0 saturated carbocycles. The Morgan fingerprint density at radius 3 is 2.25 bits per heavy atom. The number of nitrogens with two attached hydrogens (primary N) is 1. The van der Waals surface area contributed by atoms with Gasteiger partial charge in [-0.05, 0) is 36.5 Å². The minimum atomic E-state index is -4.67. The van der Waals surface area contributed by atoms with Gasteiger partial charge >= 0.3 is 6.36 Å². The third-order valence-corrected chi connectivity index (χ3v) is 3.30. The number of rotatable bonds is 7. The molecule has 0 fully saturated rings. The zero-order chi connectivity index (χ0) is 15.2. The Morgan fingerprint density at radius 1 is 1.15 bits per heavy atom. The largest absolute Gasteiger partial charge is 0.573 e. The summed E-state index contributed by atoms with van der Waals surface area (Å²) in [6.07, 6.45) is -0.706. The van der Waals surface area contributed by atoms with E-state index in [0.29, 0.717) is 5.56 Å². The van der Waals surface area contributed by atoms with Crippen LogP contribution in [-0.4, -0.2) is 6.36 Å². The molecular formula is C15H22F3NO. The molecule has 114 valence electrons. The van der Waals surface area contributed by atoms with Crippen LogP contribution in [0.2, 0.25) is 0 Å². The van der Waals surface area contributed by atoms with E-state index in [1.165, 1.54) is 12.1 Å². The number of hydrogen-bond donors (Lipinski definition) is 1. The molecule has 0 heterocycles. The molecular weight excluding hydrogens is 267 g/mol. The van der Waals surface area contributed by atoms with E-state index in [2.05, 4.69) is 18.6 Å². The molecule has 1 aromatic rings. The summed E-state index contributed by atoms with van der Waals surface area (Å²) in [6, 6.07) is 5.72. The van der Waals surface area contributed by atoms with E-state index in [4.69, 9.17) is 5.73 Å². The van der Waals surface area contributed by atoms with Gasteiger partial charge in [0.25, 0.3) is 0 Å². The van der Waals surface area contributed by atoms with E-state index >= 15 is 0 Å². The molecule has 2 N–H and O–H groups in total. The summed E-state index contributed by atoms with van der Waals surface area (Å²) in [7, 11) is 0. The van der Waals surface area contributed by atoms with Gasteiger partial charge in [-0.1, -0.05) is 38.8 Å². The lowest BCUT2D eigenvalue weighted by Gasteiger charge is -2.24. The minimum Gasteiger partial charge on any atom is -0.406 e. The monoisotopic (exact) mass is 289 g/mol. The maximum Gasteiger partial charge on any atom is 0.573 e. The van der Waals surface area contributed by atoms with Crippen LogP contribution in [0, 0.1) is 5.92 Å². The van der Waals surface area contributed by atoms with Crippen LogP contribution >= 0.6 is 0 Å². The summed E-state index contributed by atoms with van der Waals surface area (Å²) in [5.74, 6) is 0.0725. The summed E-state index contributed by atoms with van der Waals surface area (Å²) in [5.41, 5.74) is 6.90. The van der Waals surface area contributed by atoms with Crippen molar-refractivity contribution in [2.75, 3.05) is 0 Å². The second-order valence-electron chi connectivity index (χ2n) is 4.98. The van der Waals surface area contributed by atoms with Crippen molar-refractivity contribution in [1.82, 2.24) is 0 Å². The van der Waals surface area contributed by atoms with Crippen molar-refractivity contribution >= 4 is 0 Å². The Bertz CT molecular complexity index is 400. The number of benzene rings is 1. The third kappa shape index (κ3) is 5.41. The van der Waals surface area contributed by atoms with Crippen molar-refractivity contribution in [2.45, 2.75) is 51.9 Å². The van der Waals surface area contributed by atoms with Gasteiger partial charge in [0.05, 0.1) is 0 Å². The quantitative estimate of drug-likeness (QED) is 0.782. The number of halogens is 3. The van der Waals surface area contributed by atoms with Gasteiger partial charge in [0.1, 0.15) is 5.75 Å². The standard InChI is InChI=1S/C15H22F3NO/c1-3-6-11(7-4-2)14(19)12-8-5-9-13(10-12)20-15(16,17)18/h5,8-11,14H,3-4,6-7,19H2,1-2H3. The molecule has 0 radical (unpaired) electrons. The number of alkyl halides is 3. The molecule has 0 amide bonds. The van der Waals surface area contributed by atoms with E-state index < -0.39 is 6.36 Å². The smallest absolute Gasteiger partial charge is 0.406 e. The topological polar surface area (TPSA) is 35.2 Å². The molecule has 1 unspecified atom stereocenters. The zero-order valence-electron chi connectivity index (χ0n) is 11.9.